The molecular formula is C14H19N5O. The molecular weight excluding hydrogens is 254 g/mol. The van der Waals surface area contributed by atoms with E-state index in [0.29, 0.717) is 12.4 Å². The quantitative estimate of drug-likeness (QED) is 0.911. The highest BCUT2D eigenvalue weighted by atomic mass is 16.2. The van der Waals surface area contributed by atoms with Gasteiger partial charge in [0.25, 0.3) is 0 Å². The number of carbonyl (C=O) groups is 1. The number of hydrogen-bond donors (Lipinski definition) is 1. The van der Waals surface area contributed by atoms with Gasteiger partial charge < -0.3 is 5.32 Å². The molecule has 6 nitrogen and oxygen atoms in total. The van der Waals surface area contributed by atoms with Crippen molar-refractivity contribution in [2.24, 2.45) is 0 Å². The van der Waals surface area contributed by atoms with E-state index in [1.165, 1.54) is 0 Å². The number of amides is 1. The lowest BCUT2D eigenvalue weighted by molar-refractivity contribution is -0.122. The molecule has 1 heterocycles. The maximum Gasteiger partial charge on any atom is 0.242 e. The summed E-state index contributed by atoms with van der Waals surface area (Å²) in [7, 11) is 0. The second-order valence-corrected chi connectivity index (χ2v) is 5.67. The third-order valence-electron chi connectivity index (χ3n) is 2.83. The average molecular weight is 273 g/mol. The van der Waals surface area contributed by atoms with Crippen LogP contribution in [0.3, 0.4) is 0 Å². The van der Waals surface area contributed by atoms with Gasteiger partial charge in [0, 0.05) is 12.0 Å². The topological polar surface area (TPSA) is 72.7 Å². The molecule has 6 heteroatoms. The van der Waals surface area contributed by atoms with Crippen LogP contribution in [0.5, 0.6) is 0 Å². The van der Waals surface area contributed by atoms with E-state index < -0.39 is 0 Å². The van der Waals surface area contributed by atoms with Gasteiger partial charge in [-0.15, -0.1) is 5.10 Å². The van der Waals surface area contributed by atoms with E-state index in [0.717, 1.165) is 5.56 Å². The van der Waals surface area contributed by atoms with E-state index in [9.17, 15) is 4.79 Å². The minimum Gasteiger partial charge on any atom is -0.350 e. The first kappa shape index (κ1) is 14.2. The molecule has 0 saturated heterocycles. The molecule has 1 amide bonds. The number of nitrogens with zero attached hydrogens (tertiary/aromatic N) is 4. The minimum absolute atomic E-state index is 0.105. The molecule has 0 radical (unpaired) electrons. The molecule has 106 valence electrons. The van der Waals surface area contributed by atoms with Crippen LogP contribution in [0.15, 0.2) is 30.3 Å². The number of aromatic nitrogens is 4. The smallest absolute Gasteiger partial charge is 0.242 e. The number of nitrogens with one attached hydrogen (secondary N) is 1. The van der Waals surface area contributed by atoms with Crippen LogP contribution in [0.1, 0.15) is 32.2 Å². The molecule has 0 saturated carbocycles. The molecule has 0 aliphatic heterocycles. The maximum absolute atomic E-state index is 11.9. The Morgan fingerprint density at radius 2 is 1.95 bits per heavy atom. The molecule has 2 rings (SSSR count). The largest absolute Gasteiger partial charge is 0.350 e. The van der Waals surface area contributed by atoms with Gasteiger partial charge in [0.1, 0.15) is 6.54 Å². The summed E-state index contributed by atoms with van der Waals surface area (Å²) in [4.78, 5) is 11.9. The molecule has 0 aliphatic carbocycles. The van der Waals surface area contributed by atoms with Crippen LogP contribution in [0.25, 0.3) is 0 Å². The Bertz CT molecular complexity index is 571. The third-order valence-corrected chi connectivity index (χ3v) is 2.83. The van der Waals surface area contributed by atoms with E-state index >= 15 is 0 Å². The summed E-state index contributed by atoms with van der Waals surface area (Å²) in [5.74, 6) is 0.596. The fraction of sp³-hybridized carbons (Fsp3) is 0.429. The molecule has 0 aliphatic rings. The molecule has 1 aromatic carbocycles. The Morgan fingerprint density at radius 1 is 1.25 bits per heavy atom. The minimum atomic E-state index is -0.191. The van der Waals surface area contributed by atoms with Crippen molar-refractivity contribution in [3.63, 3.8) is 0 Å². The Balaban J connectivity index is 1.94. The predicted molar refractivity (Wildman–Crippen MR) is 74.8 cm³/mol. The van der Waals surface area contributed by atoms with Crippen molar-refractivity contribution >= 4 is 5.91 Å². The molecule has 20 heavy (non-hydrogen) atoms. The first-order valence-electron chi connectivity index (χ1n) is 6.54. The second-order valence-electron chi connectivity index (χ2n) is 5.67. The molecule has 1 N–H and O–H groups in total. The lowest BCUT2D eigenvalue weighted by atomic mass is 9.96. The molecule has 0 atom stereocenters. The number of rotatable bonds is 4. The van der Waals surface area contributed by atoms with Crippen LogP contribution in [-0.4, -0.2) is 26.1 Å². The Labute approximate surface area is 118 Å². The van der Waals surface area contributed by atoms with E-state index in [4.69, 9.17) is 0 Å². The van der Waals surface area contributed by atoms with Crippen LogP contribution >= 0.6 is 0 Å². The van der Waals surface area contributed by atoms with Gasteiger partial charge in [-0.2, -0.15) is 0 Å². The molecule has 0 unspecified atom stereocenters. The number of benzene rings is 1. The third kappa shape index (κ3) is 3.63. The van der Waals surface area contributed by atoms with Crippen molar-refractivity contribution in [3.05, 3.63) is 41.7 Å². The summed E-state index contributed by atoms with van der Waals surface area (Å²) in [5.41, 5.74) is 0.872. The van der Waals surface area contributed by atoms with Gasteiger partial charge in [0.15, 0.2) is 5.82 Å². The van der Waals surface area contributed by atoms with Crippen molar-refractivity contribution in [1.29, 1.82) is 0 Å². The highest BCUT2D eigenvalue weighted by molar-refractivity contribution is 5.75. The molecule has 0 spiro atoms. The van der Waals surface area contributed by atoms with Gasteiger partial charge in [0.05, 0.1) is 0 Å². The van der Waals surface area contributed by atoms with Gasteiger partial charge in [-0.25, -0.2) is 4.68 Å². The lowest BCUT2D eigenvalue weighted by Gasteiger charge is -2.16. The normalized spacial score (nSPS) is 11.3. The highest BCUT2D eigenvalue weighted by Gasteiger charge is 2.22. The molecule has 2 aromatic rings. The van der Waals surface area contributed by atoms with Crippen molar-refractivity contribution in [3.8, 4) is 0 Å². The summed E-state index contributed by atoms with van der Waals surface area (Å²) in [6.45, 7) is 6.67. The fourth-order valence-corrected chi connectivity index (χ4v) is 1.84. The van der Waals surface area contributed by atoms with Crippen LogP contribution < -0.4 is 5.32 Å². The first-order chi connectivity index (χ1) is 9.47. The predicted octanol–water partition coefficient (Wildman–Crippen LogP) is 1.29. The Morgan fingerprint density at radius 3 is 2.60 bits per heavy atom. The van der Waals surface area contributed by atoms with Gasteiger partial charge in [-0.1, -0.05) is 51.1 Å². The summed E-state index contributed by atoms with van der Waals surface area (Å²) in [6.07, 6.45) is 0. The van der Waals surface area contributed by atoms with Crippen molar-refractivity contribution < 1.29 is 4.79 Å². The van der Waals surface area contributed by atoms with Crippen molar-refractivity contribution in [2.75, 3.05) is 0 Å². The van der Waals surface area contributed by atoms with Crippen LogP contribution in [0.2, 0.25) is 0 Å². The SMILES string of the molecule is CC(C)(C)c1nnnn1CC(=O)NCc1ccccc1. The standard InChI is InChI=1S/C14H19N5O/c1-14(2,3)13-16-17-18-19(13)10-12(20)15-9-11-7-5-4-6-8-11/h4-8H,9-10H2,1-3H3,(H,15,20). The summed E-state index contributed by atoms with van der Waals surface area (Å²) >= 11 is 0. The Hall–Kier alpha value is -2.24. The molecule has 1 aromatic heterocycles. The van der Waals surface area contributed by atoms with Gasteiger partial charge >= 0.3 is 0 Å². The number of tetrazole rings is 1. The summed E-state index contributed by atoms with van der Waals surface area (Å²) < 4.78 is 1.54. The zero-order valence-corrected chi connectivity index (χ0v) is 12.0. The lowest BCUT2D eigenvalue weighted by Crippen LogP contribution is -2.30. The van der Waals surface area contributed by atoms with E-state index in [1.54, 1.807) is 4.68 Å². The number of hydrogen-bond acceptors (Lipinski definition) is 4. The summed E-state index contributed by atoms with van der Waals surface area (Å²) in [5, 5.41) is 14.4. The van der Waals surface area contributed by atoms with E-state index in [1.807, 2.05) is 51.1 Å². The van der Waals surface area contributed by atoms with Crippen LogP contribution in [0.4, 0.5) is 0 Å². The number of carbonyl (C=O) groups excluding carboxylic acids is 1. The average Bonchev–Trinajstić information content (AvgIpc) is 2.86. The van der Waals surface area contributed by atoms with Gasteiger partial charge in [0.2, 0.25) is 5.91 Å². The van der Waals surface area contributed by atoms with Crippen LogP contribution in [-0.2, 0) is 23.3 Å². The maximum atomic E-state index is 11.9. The van der Waals surface area contributed by atoms with Crippen molar-refractivity contribution in [2.45, 2.75) is 39.3 Å². The fourth-order valence-electron chi connectivity index (χ4n) is 1.84. The van der Waals surface area contributed by atoms with E-state index in [2.05, 4.69) is 20.8 Å². The highest BCUT2D eigenvalue weighted by Crippen LogP contribution is 2.18. The zero-order valence-electron chi connectivity index (χ0n) is 12.0. The van der Waals surface area contributed by atoms with Crippen molar-refractivity contribution in [1.82, 2.24) is 25.5 Å². The van der Waals surface area contributed by atoms with E-state index in [-0.39, 0.29) is 17.9 Å². The first-order valence-corrected chi connectivity index (χ1v) is 6.54. The van der Waals surface area contributed by atoms with Gasteiger partial charge in [-0.3, -0.25) is 4.79 Å². The molecule has 0 bridgehead atoms. The Kier molecular flexibility index (Phi) is 4.12. The zero-order chi connectivity index (χ0) is 14.6. The summed E-state index contributed by atoms with van der Waals surface area (Å²) in [6, 6.07) is 9.78. The second kappa shape index (κ2) is 5.81. The molecule has 0 fully saturated rings. The monoisotopic (exact) mass is 273 g/mol. The van der Waals surface area contributed by atoms with Crippen LogP contribution in [0, 0.1) is 0 Å². The van der Waals surface area contributed by atoms with Gasteiger partial charge in [-0.05, 0) is 16.0 Å².